The summed E-state index contributed by atoms with van der Waals surface area (Å²) < 4.78 is 40.9. The Bertz CT molecular complexity index is 1820. The molecule has 2 saturated carbocycles. The van der Waals surface area contributed by atoms with Gasteiger partial charge in [-0.15, -0.1) is 6.58 Å². The number of aliphatic carboxylic acids is 1. The van der Waals surface area contributed by atoms with E-state index in [9.17, 15) is 27.9 Å². The summed E-state index contributed by atoms with van der Waals surface area (Å²) in [6, 6.07) is 20.8. The molecule has 0 bridgehead atoms. The van der Waals surface area contributed by atoms with Crippen LogP contribution in [0.5, 0.6) is 0 Å². The molecule has 0 radical (unpaired) electrons. The van der Waals surface area contributed by atoms with Crippen LogP contribution in [0, 0.1) is 0 Å². The normalized spacial score (nSPS) is 24.9. The molecule has 1 aliphatic heterocycles. The van der Waals surface area contributed by atoms with Gasteiger partial charge < -0.3 is 5.11 Å². The van der Waals surface area contributed by atoms with E-state index in [2.05, 4.69) is 12.6 Å². The van der Waals surface area contributed by atoms with Crippen LogP contribution < -0.4 is 5.56 Å². The largest absolute Gasteiger partial charge is 0.479 e. The number of rotatable bonds is 6. The molecule has 7 rings (SSSR count). The zero-order valence-corrected chi connectivity index (χ0v) is 22.8. The molecular formula is C33H26F3NO3S. The highest BCUT2D eigenvalue weighted by atomic mass is 32.2. The van der Waals surface area contributed by atoms with Crippen molar-refractivity contribution in [3.05, 3.63) is 124 Å². The Balaban J connectivity index is 1.39. The first-order chi connectivity index (χ1) is 19.6. The summed E-state index contributed by atoms with van der Waals surface area (Å²) in [5.74, 6) is -1.53. The Morgan fingerprint density at radius 1 is 1.05 bits per heavy atom. The Labute approximate surface area is 238 Å². The number of alkyl halides is 3. The van der Waals surface area contributed by atoms with Gasteiger partial charge in [0.1, 0.15) is 0 Å². The SMILES string of the molecule is C=CC12Sc3c(C4CC4)c(Cc4cccc5ccccc45)cc(=O)n3C1(C(=O)O)C[C@H]2c1cccc(C(F)(F)F)c1. The summed E-state index contributed by atoms with van der Waals surface area (Å²) in [7, 11) is 0. The highest BCUT2D eigenvalue weighted by Gasteiger charge is 2.75. The second kappa shape index (κ2) is 8.86. The molecule has 2 aliphatic carbocycles. The van der Waals surface area contributed by atoms with Crippen molar-refractivity contribution in [3.63, 3.8) is 0 Å². The quantitative estimate of drug-likeness (QED) is 0.243. The van der Waals surface area contributed by atoms with E-state index in [-0.39, 0.29) is 12.3 Å². The highest BCUT2D eigenvalue weighted by Crippen LogP contribution is 2.71. The fourth-order valence-electron chi connectivity index (χ4n) is 7.06. The summed E-state index contributed by atoms with van der Waals surface area (Å²) in [6.45, 7) is 4.00. The van der Waals surface area contributed by atoms with Gasteiger partial charge in [0.25, 0.3) is 5.56 Å². The lowest BCUT2D eigenvalue weighted by Gasteiger charge is -2.56. The number of carboxylic acids is 1. The molecular weight excluding hydrogens is 547 g/mol. The molecule has 3 atom stereocenters. The summed E-state index contributed by atoms with van der Waals surface area (Å²) in [5, 5.41) is 13.5. The third-order valence-corrected chi connectivity index (χ3v) is 10.9. The Morgan fingerprint density at radius 2 is 1.78 bits per heavy atom. The van der Waals surface area contributed by atoms with Gasteiger partial charge in [-0.25, -0.2) is 4.79 Å². The molecule has 2 unspecified atom stereocenters. The van der Waals surface area contributed by atoms with E-state index in [4.69, 9.17) is 0 Å². The van der Waals surface area contributed by atoms with Crippen LogP contribution >= 0.6 is 11.8 Å². The van der Waals surface area contributed by atoms with Crippen molar-refractivity contribution < 1.29 is 23.1 Å². The van der Waals surface area contributed by atoms with Crippen molar-refractivity contribution in [1.82, 2.24) is 4.57 Å². The van der Waals surface area contributed by atoms with Gasteiger partial charge in [0, 0.05) is 12.0 Å². The first-order valence-corrected chi connectivity index (χ1v) is 14.4. The molecule has 0 saturated heterocycles. The number of nitrogens with zero attached hydrogens (tertiary/aromatic N) is 1. The third-order valence-electron chi connectivity index (χ3n) is 9.13. The van der Waals surface area contributed by atoms with Crippen molar-refractivity contribution >= 4 is 28.5 Å². The number of carbonyl (C=O) groups is 1. The fourth-order valence-corrected chi connectivity index (χ4v) is 9.00. The van der Waals surface area contributed by atoms with E-state index >= 15 is 0 Å². The number of aromatic nitrogens is 1. The van der Waals surface area contributed by atoms with Crippen molar-refractivity contribution in [1.29, 1.82) is 0 Å². The van der Waals surface area contributed by atoms with Crippen LogP contribution in [-0.2, 0) is 22.9 Å². The number of hydrogen-bond donors (Lipinski definition) is 1. The predicted molar refractivity (Wildman–Crippen MR) is 153 cm³/mol. The van der Waals surface area contributed by atoms with E-state index in [1.54, 1.807) is 18.2 Å². The number of pyridine rings is 1. The molecule has 208 valence electrons. The number of benzene rings is 3. The summed E-state index contributed by atoms with van der Waals surface area (Å²) >= 11 is 1.30. The number of thioether (sulfide) groups is 1. The van der Waals surface area contributed by atoms with Crippen molar-refractivity contribution in [2.24, 2.45) is 0 Å². The van der Waals surface area contributed by atoms with Crippen LogP contribution in [0.2, 0.25) is 0 Å². The summed E-state index contributed by atoms with van der Waals surface area (Å²) in [6.07, 6.45) is -0.576. The average molecular weight is 574 g/mol. The molecule has 1 N–H and O–H groups in total. The molecule has 3 aliphatic rings. The van der Waals surface area contributed by atoms with Crippen LogP contribution in [0.1, 0.15) is 58.9 Å². The van der Waals surface area contributed by atoms with Crippen LogP contribution in [0.25, 0.3) is 10.8 Å². The minimum absolute atomic E-state index is 0.00233. The van der Waals surface area contributed by atoms with E-state index in [0.717, 1.165) is 52.4 Å². The van der Waals surface area contributed by atoms with E-state index < -0.39 is 39.5 Å². The molecule has 4 aromatic rings. The first kappa shape index (κ1) is 26.1. The number of hydrogen-bond acceptors (Lipinski definition) is 3. The first-order valence-electron chi connectivity index (χ1n) is 13.6. The maximum Gasteiger partial charge on any atom is 0.416 e. The van der Waals surface area contributed by atoms with Gasteiger partial charge in [0.05, 0.1) is 15.3 Å². The molecule has 2 fully saturated rings. The van der Waals surface area contributed by atoms with Crippen LogP contribution in [0.3, 0.4) is 0 Å². The third kappa shape index (κ3) is 3.62. The van der Waals surface area contributed by atoms with Crippen molar-refractivity contribution in [2.75, 3.05) is 0 Å². The second-order valence-electron chi connectivity index (χ2n) is 11.3. The summed E-state index contributed by atoms with van der Waals surface area (Å²) in [4.78, 5) is 27.0. The summed E-state index contributed by atoms with van der Waals surface area (Å²) in [5.41, 5.74) is 0.525. The van der Waals surface area contributed by atoms with Crippen molar-refractivity contribution in [3.8, 4) is 0 Å². The minimum Gasteiger partial charge on any atom is -0.479 e. The van der Waals surface area contributed by atoms with Gasteiger partial charge in [-0.1, -0.05) is 78.5 Å². The Kier molecular flexibility index (Phi) is 5.65. The lowest BCUT2D eigenvalue weighted by Crippen LogP contribution is -2.68. The minimum atomic E-state index is -4.52. The molecule has 0 spiro atoms. The highest BCUT2D eigenvalue weighted by molar-refractivity contribution is 8.01. The van der Waals surface area contributed by atoms with E-state index in [0.29, 0.717) is 17.0 Å². The average Bonchev–Trinajstić information content (AvgIpc) is 3.74. The van der Waals surface area contributed by atoms with Gasteiger partial charge in [-0.3, -0.25) is 9.36 Å². The smallest absolute Gasteiger partial charge is 0.416 e. The monoisotopic (exact) mass is 573 g/mol. The molecule has 3 aromatic carbocycles. The van der Waals surface area contributed by atoms with Gasteiger partial charge in [-0.05, 0) is 70.7 Å². The molecule has 8 heteroatoms. The van der Waals surface area contributed by atoms with Crippen LogP contribution in [0.4, 0.5) is 13.2 Å². The van der Waals surface area contributed by atoms with Crippen LogP contribution in [0.15, 0.2) is 95.3 Å². The van der Waals surface area contributed by atoms with Gasteiger partial charge in [0.15, 0.2) is 5.54 Å². The standard InChI is InChI=1S/C33H26F3NO3S/c1-2-32-26(22-10-6-11-24(16-22)33(34,35)36)18-31(32,30(39)40)37-27(38)17-23(28(20-13-14-20)29(37)41-32)15-21-9-5-8-19-7-3-4-12-25(19)21/h2-12,16-17,20,26H,1,13-15,18H2,(H,39,40)/t26-,31?,32?/m0/s1. The molecule has 0 amide bonds. The zero-order valence-electron chi connectivity index (χ0n) is 21.9. The van der Waals surface area contributed by atoms with E-state index in [1.807, 2.05) is 36.4 Å². The van der Waals surface area contributed by atoms with Crippen LogP contribution in [-0.4, -0.2) is 20.4 Å². The zero-order chi connectivity index (χ0) is 28.7. The Hall–Kier alpha value is -3.78. The molecule has 4 nitrogen and oxygen atoms in total. The maximum atomic E-state index is 13.9. The molecule has 2 heterocycles. The molecule has 1 aromatic heterocycles. The van der Waals surface area contributed by atoms with Gasteiger partial charge >= 0.3 is 12.1 Å². The predicted octanol–water partition coefficient (Wildman–Crippen LogP) is 7.49. The van der Waals surface area contributed by atoms with Gasteiger partial charge in [-0.2, -0.15) is 13.2 Å². The maximum absolute atomic E-state index is 13.9. The lowest BCUT2D eigenvalue weighted by molar-refractivity contribution is -0.155. The molecule has 41 heavy (non-hydrogen) atoms. The topological polar surface area (TPSA) is 59.3 Å². The second-order valence-corrected chi connectivity index (χ2v) is 12.6. The lowest BCUT2D eigenvalue weighted by atomic mass is 9.55. The van der Waals surface area contributed by atoms with E-state index in [1.165, 1.54) is 22.4 Å². The van der Waals surface area contributed by atoms with Crippen molar-refractivity contribution in [2.45, 2.75) is 59.0 Å². The number of halogens is 3. The number of fused-ring (bicyclic) bond motifs is 4. The number of carboxylic acid groups (broad SMARTS) is 1. The van der Waals surface area contributed by atoms with Gasteiger partial charge in [0.2, 0.25) is 0 Å². The fraction of sp³-hybridized carbons (Fsp3) is 0.273. The Morgan fingerprint density at radius 3 is 2.49 bits per heavy atom.